The minimum atomic E-state index is -2.13. The van der Waals surface area contributed by atoms with Crippen LogP contribution in [-0.4, -0.2) is 13.2 Å². The van der Waals surface area contributed by atoms with Crippen LogP contribution in [0.4, 0.5) is 0 Å². The fourth-order valence-electron chi connectivity index (χ4n) is 1.16. The van der Waals surface area contributed by atoms with Crippen LogP contribution >= 0.6 is 17.1 Å². The van der Waals surface area contributed by atoms with Gasteiger partial charge in [0.15, 0.2) is 0 Å². The van der Waals surface area contributed by atoms with Crippen LogP contribution in [-0.2, 0) is 26.6 Å². The van der Waals surface area contributed by atoms with E-state index in [1.54, 1.807) is 11.4 Å². The highest BCUT2D eigenvalue weighted by atomic mass is 32.9. The second-order valence-corrected chi connectivity index (χ2v) is 9.35. The highest BCUT2D eigenvalue weighted by Gasteiger charge is 2.18. The van der Waals surface area contributed by atoms with Crippen molar-refractivity contribution in [2.24, 2.45) is 0 Å². The van der Waals surface area contributed by atoms with E-state index >= 15 is 0 Å². The molecule has 0 bridgehead atoms. The highest BCUT2D eigenvalue weighted by molar-refractivity contribution is 8.67. The molecule has 0 amide bonds. The maximum absolute atomic E-state index is 5.56. The molecule has 0 radical (unpaired) electrons. The molecule has 0 spiro atoms. The van der Waals surface area contributed by atoms with E-state index in [0.717, 1.165) is 5.75 Å². The fourth-order valence-corrected chi connectivity index (χ4v) is 5.62. The minimum absolute atomic E-state index is 0.610. The molecule has 1 aromatic carbocycles. The Balaban J connectivity index is 2.53. The van der Waals surface area contributed by atoms with E-state index in [-0.39, 0.29) is 0 Å². The average Bonchev–Trinajstić information content (AvgIpc) is 2.29. The molecular weight excluding hydrogens is 259 g/mol. The fraction of sp³-hybridized carbons (Fsp3) is 0.455. The second kappa shape index (κ2) is 7.46. The van der Waals surface area contributed by atoms with Gasteiger partial charge in [-0.15, -0.1) is 0 Å². The lowest BCUT2D eigenvalue weighted by Crippen LogP contribution is -1.92. The van der Waals surface area contributed by atoms with E-state index in [2.05, 4.69) is 12.1 Å². The monoisotopic (exact) mass is 276 g/mol. The Morgan fingerprint density at radius 2 is 1.69 bits per heavy atom. The van der Waals surface area contributed by atoms with Gasteiger partial charge in [0, 0.05) is 5.75 Å². The van der Waals surface area contributed by atoms with E-state index in [1.807, 2.05) is 32.0 Å². The third-order valence-corrected chi connectivity index (χ3v) is 7.28. The van der Waals surface area contributed by atoms with Crippen LogP contribution in [0.25, 0.3) is 0 Å². The number of benzene rings is 1. The molecule has 90 valence electrons. The van der Waals surface area contributed by atoms with Gasteiger partial charge < -0.3 is 9.05 Å². The predicted octanol–water partition coefficient (Wildman–Crippen LogP) is 4.22. The summed E-state index contributed by atoms with van der Waals surface area (Å²) in [5.41, 5.74) is -0.884. The largest absolute Gasteiger partial charge is 0.322 e. The van der Waals surface area contributed by atoms with Crippen molar-refractivity contribution in [3.05, 3.63) is 35.9 Å². The Morgan fingerprint density at radius 3 is 2.19 bits per heavy atom. The molecule has 16 heavy (non-hydrogen) atoms. The third kappa shape index (κ3) is 4.98. The first kappa shape index (κ1) is 14.2. The van der Waals surface area contributed by atoms with Gasteiger partial charge in [-0.3, -0.25) is 0 Å². The summed E-state index contributed by atoms with van der Waals surface area (Å²) in [7, 11) is 0. The standard InChI is InChI=1S/C11H17O2PS2/c1-3-12-14(15,13-4-2)16-10-11-8-6-5-7-9-11/h5-9H,3-4,10H2,1-2H3. The lowest BCUT2D eigenvalue weighted by atomic mass is 10.2. The molecule has 0 saturated heterocycles. The summed E-state index contributed by atoms with van der Waals surface area (Å²) in [5.74, 6) is 0.845. The quantitative estimate of drug-likeness (QED) is 0.694. The summed E-state index contributed by atoms with van der Waals surface area (Å²) < 4.78 is 11.1. The SMILES string of the molecule is CCOP(=S)(OCC)SCc1ccccc1. The first-order valence-corrected chi connectivity index (χ1v) is 9.50. The van der Waals surface area contributed by atoms with E-state index in [4.69, 9.17) is 20.9 Å². The number of hydrogen-bond acceptors (Lipinski definition) is 4. The Labute approximate surface area is 107 Å². The van der Waals surface area contributed by atoms with Crippen LogP contribution in [0.15, 0.2) is 30.3 Å². The van der Waals surface area contributed by atoms with Crippen molar-refractivity contribution in [2.45, 2.75) is 19.6 Å². The van der Waals surface area contributed by atoms with E-state index in [0.29, 0.717) is 13.2 Å². The lowest BCUT2D eigenvalue weighted by Gasteiger charge is -2.19. The maximum atomic E-state index is 5.56. The average molecular weight is 276 g/mol. The van der Waals surface area contributed by atoms with Gasteiger partial charge in [0.1, 0.15) is 0 Å². The van der Waals surface area contributed by atoms with E-state index in [1.165, 1.54) is 5.56 Å². The summed E-state index contributed by atoms with van der Waals surface area (Å²) >= 11 is 7.04. The molecule has 5 heteroatoms. The Morgan fingerprint density at radius 1 is 1.12 bits per heavy atom. The van der Waals surface area contributed by atoms with Crippen LogP contribution in [0, 0.1) is 0 Å². The van der Waals surface area contributed by atoms with Crippen molar-refractivity contribution in [1.29, 1.82) is 0 Å². The Kier molecular flexibility index (Phi) is 6.62. The molecule has 0 heterocycles. The summed E-state index contributed by atoms with van der Waals surface area (Å²) in [6.45, 7) is 5.12. The summed E-state index contributed by atoms with van der Waals surface area (Å²) in [6, 6.07) is 10.2. The van der Waals surface area contributed by atoms with E-state index in [9.17, 15) is 0 Å². The zero-order valence-corrected chi connectivity index (χ0v) is 12.1. The zero-order chi connectivity index (χ0) is 11.9. The van der Waals surface area contributed by atoms with Gasteiger partial charge in [0.25, 0.3) is 0 Å². The first-order valence-electron chi connectivity index (χ1n) is 5.27. The van der Waals surface area contributed by atoms with Gasteiger partial charge in [-0.25, -0.2) is 0 Å². The molecular formula is C11H17O2PS2. The van der Waals surface area contributed by atoms with Gasteiger partial charge in [-0.05, 0) is 31.2 Å². The molecule has 0 aromatic heterocycles. The van der Waals surface area contributed by atoms with Crippen LogP contribution < -0.4 is 0 Å². The Hall–Kier alpha value is 0.140. The molecule has 0 N–H and O–H groups in total. The van der Waals surface area contributed by atoms with Crippen LogP contribution in [0.5, 0.6) is 0 Å². The molecule has 2 nitrogen and oxygen atoms in total. The maximum Gasteiger partial charge on any atom is 0.247 e. The minimum Gasteiger partial charge on any atom is -0.322 e. The predicted molar refractivity (Wildman–Crippen MR) is 75.3 cm³/mol. The highest BCUT2D eigenvalue weighted by Crippen LogP contribution is 2.61. The molecule has 1 rings (SSSR count). The molecule has 0 saturated carbocycles. The van der Waals surface area contributed by atoms with Gasteiger partial charge in [0.05, 0.1) is 13.2 Å². The molecule has 0 aliphatic carbocycles. The van der Waals surface area contributed by atoms with Crippen molar-refractivity contribution in [1.82, 2.24) is 0 Å². The van der Waals surface area contributed by atoms with Crippen LogP contribution in [0.3, 0.4) is 0 Å². The van der Waals surface area contributed by atoms with Gasteiger partial charge in [-0.1, -0.05) is 41.7 Å². The van der Waals surface area contributed by atoms with Crippen molar-refractivity contribution in [3.63, 3.8) is 0 Å². The Bertz CT molecular complexity index is 333. The third-order valence-electron chi connectivity index (χ3n) is 1.81. The lowest BCUT2D eigenvalue weighted by molar-refractivity contribution is 0.280. The van der Waals surface area contributed by atoms with Gasteiger partial charge >= 0.3 is 0 Å². The topological polar surface area (TPSA) is 18.5 Å². The number of rotatable bonds is 7. The molecule has 0 unspecified atom stereocenters. The normalized spacial score (nSPS) is 11.6. The smallest absolute Gasteiger partial charge is 0.247 e. The molecule has 0 atom stereocenters. The molecule has 0 aliphatic heterocycles. The van der Waals surface area contributed by atoms with E-state index < -0.39 is 5.69 Å². The second-order valence-electron chi connectivity index (χ2n) is 3.04. The zero-order valence-electron chi connectivity index (χ0n) is 9.59. The van der Waals surface area contributed by atoms with Crippen molar-refractivity contribution in [2.75, 3.05) is 13.2 Å². The van der Waals surface area contributed by atoms with Crippen LogP contribution in [0.2, 0.25) is 0 Å². The summed E-state index contributed by atoms with van der Waals surface area (Å²) in [5, 5.41) is 0. The molecule has 0 aliphatic rings. The van der Waals surface area contributed by atoms with Crippen LogP contribution in [0.1, 0.15) is 19.4 Å². The van der Waals surface area contributed by atoms with Crippen molar-refractivity contribution in [3.8, 4) is 0 Å². The molecule has 0 fully saturated rings. The molecule has 1 aromatic rings. The summed E-state index contributed by atoms with van der Waals surface area (Å²) in [6.07, 6.45) is 0. The number of hydrogen-bond donors (Lipinski definition) is 0. The van der Waals surface area contributed by atoms with Gasteiger partial charge in [0.2, 0.25) is 5.69 Å². The first-order chi connectivity index (χ1) is 7.70. The summed E-state index contributed by atoms with van der Waals surface area (Å²) in [4.78, 5) is 0. The van der Waals surface area contributed by atoms with Crippen molar-refractivity contribution < 1.29 is 9.05 Å². The van der Waals surface area contributed by atoms with Gasteiger partial charge in [-0.2, -0.15) is 0 Å². The van der Waals surface area contributed by atoms with Crippen molar-refractivity contribution >= 4 is 28.9 Å².